The van der Waals surface area contributed by atoms with Gasteiger partial charge in [0.25, 0.3) is 0 Å². The van der Waals surface area contributed by atoms with Crippen LogP contribution in [-0.2, 0) is 5.41 Å². The van der Waals surface area contributed by atoms with E-state index >= 15 is 0 Å². The van der Waals surface area contributed by atoms with Gasteiger partial charge in [-0.15, -0.1) is 0 Å². The van der Waals surface area contributed by atoms with E-state index < -0.39 is 0 Å². The zero-order valence-electron chi connectivity index (χ0n) is 20.4. The van der Waals surface area contributed by atoms with E-state index in [1.54, 1.807) is 5.57 Å². The van der Waals surface area contributed by atoms with Gasteiger partial charge >= 0.3 is 0 Å². The Kier molecular flexibility index (Phi) is 7.62. The molecule has 3 aromatic rings. The lowest BCUT2D eigenvalue weighted by molar-refractivity contribution is 0.262. The fourth-order valence-electron chi connectivity index (χ4n) is 4.65. The summed E-state index contributed by atoms with van der Waals surface area (Å²) in [6, 6.07) is 30.8. The summed E-state index contributed by atoms with van der Waals surface area (Å²) in [6.45, 7) is 10.2. The van der Waals surface area contributed by atoms with Crippen LogP contribution in [0.1, 0.15) is 62.3 Å². The van der Waals surface area contributed by atoms with Crippen molar-refractivity contribution in [2.75, 3.05) is 19.6 Å². The highest BCUT2D eigenvalue weighted by atomic mass is 15.1. The minimum absolute atomic E-state index is 0.213. The maximum atomic E-state index is 2.62. The summed E-state index contributed by atoms with van der Waals surface area (Å²) in [7, 11) is 0. The molecule has 170 valence electrons. The second kappa shape index (κ2) is 10.8. The quantitative estimate of drug-likeness (QED) is 0.379. The van der Waals surface area contributed by atoms with Crippen LogP contribution in [0.4, 0.5) is 0 Å². The van der Waals surface area contributed by atoms with Gasteiger partial charge in [0, 0.05) is 19.6 Å². The Morgan fingerprint density at radius 2 is 1.30 bits per heavy atom. The molecule has 0 bridgehead atoms. The van der Waals surface area contributed by atoms with Gasteiger partial charge in [0.1, 0.15) is 0 Å². The van der Waals surface area contributed by atoms with Gasteiger partial charge in [-0.3, -0.25) is 0 Å². The Morgan fingerprint density at radius 3 is 1.82 bits per heavy atom. The molecule has 33 heavy (non-hydrogen) atoms. The Hall–Kier alpha value is -2.90. The lowest BCUT2D eigenvalue weighted by Crippen LogP contribution is -2.31. The fraction of sp³-hybridized carbons (Fsp3) is 0.312. The normalized spacial score (nSPS) is 15.2. The molecular weight excluding hydrogens is 398 g/mol. The maximum Gasteiger partial charge on any atom is 0.00192 e. The zero-order valence-corrected chi connectivity index (χ0v) is 20.4. The van der Waals surface area contributed by atoms with Crippen molar-refractivity contribution in [3.63, 3.8) is 0 Å². The van der Waals surface area contributed by atoms with E-state index in [2.05, 4.69) is 123 Å². The van der Waals surface area contributed by atoms with Gasteiger partial charge in [-0.1, -0.05) is 123 Å². The van der Waals surface area contributed by atoms with E-state index in [-0.39, 0.29) is 5.41 Å². The third kappa shape index (κ3) is 6.33. The molecule has 0 spiro atoms. The molecule has 0 unspecified atom stereocenters. The topological polar surface area (TPSA) is 3.24 Å². The van der Waals surface area contributed by atoms with Gasteiger partial charge in [-0.05, 0) is 52.5 Å². The first kappa shape index (κ1) is 23.3. The van der Waals surface area contributed by atoms with Crippen molar-refractivity contribution in [2.24, 2.45) is 0 Å². The Balaban J connectivity index is 1.35. The Labute approximate surface area is 200 Å². The van der Waals surface area contributed by atoms with Crippen molar-refractivity contribution in [2.45, 2.75) is 45.4 Å². The third-order valence-corrected chi connectivity index (χ3v) is 6.64. The number of hydrogen-bond acceptors (Lipinski definition) is 1. The van der Waals surface area contributed by atoms with Crippen LogP contribution in [0.3, 0.4) is 0 Å². The Bertz CT molecular complexity index is 1020. The average molecular weight is 436 g/mol. The first-order chi connectivity index (χ1) is 16.0. The molecule has 0 radical (unpaired) electrons. The number of hydrogen-bond donors (Lipinski definition) is 0. The molecule has 0 N–H and O–H groups in total. The number of nitrogens with zero attached hydrogens (tertiary/aromatic N) is 1. The minimum Gasteiger partial charge on any atom is -0.302 e. The van der Waals surface area contributed by atoms with E-state index in [0.29, 0.717) is 0 Å². The molecule has 3 aromatic carbocycles. The van der Waals surface area contributed by atoms with Crippen LogP contribution >= 0.6 is 0 Å². The summed E-state index contributed by atoms with van der Waals surface area (Å²) >= 11 is 0. The summed E-state index contributed by atoms with van der Waals surface area (Å²) in [6.07, 6.45) is 8.00. The standard InChI is InChI=1S/C32H37N/c1-32(2,3)30-19-17-26(18-20-30)12-10-11-23-33-24-21-29(22-25-33)31(27-13-6-4-7-14-27)28-15-8-5-9-16-28/h4-10,12-20H,11,21-25H2,1-3H3/b12-10+. The largest absolute Gasteiger partial charge is 0.302 e. The van der Waals surface area contributed by atoms with Crippen molar-refractivity contribution in [1.82, 2.24) is 4.90 Å². The molecule has 0 saturated carbocycles. The van der Waals surface area contributed by atoms with Crippen LogP contribution in [0.5, 0.6) is 0 Å². The molecule has 1 nitrogen and oxygen atoms in total. The van der Waals surface area contributed by atoms with Gasteiger partial charge < -0.3 is 4.90 Å². The molecule has 0 aromatic heterocycles. The van der Waals surface area contributed by atoms with E-state index in [1.165, 1.54) is 27.8 Å². The lowest BCUT2D eigenvalue weighted by Gasteiger charge is -2.30. The lowest BCUT2D eigenvalue weighted by atomic mass is 9.87. The highest BCUT2D eigenvalue weighted by molar-refractivity contribution is 5.82. The summed E-state index contributed by atoms with van der Waals surface area (Å²) < 4.78 is 0. The molecule has 0 atom stereocenters. The van der Waals surface area contributed by atoms with Crippen molar-refractivity contribution in [1.29, 1.82) is 0 Å². The second-order valence-corrected chi connectivity index (χ2v) is 10.1. The molecule has 1 aliphatic heterocycles. The van der Waals surface area contributed by atoms with Crippen LogP contribution in [0, 0.1) is 0 Å². The maximum absolute atomic E-state index is 2.62. The molecule has 1 heteroatoms. The summed E-state index contributed by atoms with van der Waals surface area (Å²) in [5.41, 5.74) is 8.61. The number of rotatable bonds is 6. The first-order valence-corrected chi connectivity index (χ1v) is 12.3. The predicted molar refractivity (Wildman–Crippen MR) is 143 cm³/mol. The van der Waals surface area contributed by atoms with Crippen LogP contribution < -0.4 is 0 Å². The number of likely N-dealkylation sites (tertiary alicyclic amines) is 1. The highest BCUT2D eigenvalue weighted by Crippen LogP contribution is 2.32. The molecule has 1 fully saturated rings. The smallest absolute Gasteiger partial charge is 0.00192 e. The average Bonchev–Trinajstić information content (AvgIpc) is 2.84. The van der Waals surface area contributed by atoms with Crippen molar-refractivity contribution in [3.05, 3.63) is 119 Å². The predicted octanol–water partition coefficient (Wildman–Crippen LogP) is 7.99. The zero-order chi connectivity index (χ0) is 23.1. The van der Waals surface area contributed by atoms with Gasteiger partial charge in [-0.2, -0.15) is 0 Å². The summed E-state index contributed by atoms with van der Waals surface area (Å²) in [5, 5.41) is 0. The van der Waals surface area contributed by atoms with Crippen LogP contribution in [-0.4, -0.2) is 24.5 Å². The monoisotopic (exact) mass is 435 g/mol. The minimum atomic E-state index is 0.213. The molecule has 1 aliphatic rings. The van der Waals surface area contributed by atoms with Gasteiger partial charge in [0.05, 0.1) is 0 Å². The molecule has 1 saturated heterocycles. The molecule has 0 aliphatic carbocycles. The van der Waals surface area contributed by atoms with Crippen LogP contribution in [0.25, 0.3) is 11.6 Å². The summed E-state index contributed by atoms with van der Waals surface area (Å²) in [4.78, 5) is 2.62. The SMILES string of the molecule is CC(C)(C)c1ccc(/C=C/CCN2CCC(=C(c3ccccc3)c3ccccc3)CC2)cc1. The van der Waals surface area contributed by atoms with Crippen LogP contribution in [0.15, 0.2) is 96.6 Å². The number of piperidine rings is 1. The van der Waals surface area contributed by atoms with Gasteiger partial charge in [0.15, 0.2) is 0 Å². The molecular formula is C32H37N. The highest BCUT2D eigenvalue weighted by Gasteiger charge is 2.18. The molecule has 1 heterocycles. The van der Waals surface area contributed by atoms with Gasteiger partial charge in [-0.25, -0.2) is 0 Å². The van der Waals surface area contributed by atoms with Crippen molar-refractivity contribution in [3.8, 4) is 0 Å². The third-order valence-electron chi connectivity index (χ3n) is 6.64. The van der Waals surface area contributed by atoms with E-state index in [4.69, 9.17) is 0 Å². The van der Waals surface area contributed by atoms with E-state index in [1.807, 2.05) is 0 Å². The van der Waals surface area contributed by atoms with Gasteiger partial charge in [0.2, 0.25) is 0 Å². The van der Waals surface area contributed by atoms with E-state index in [0.717, 1.165) is 38.9 Å². The van der Waals surface area contributed by atoms with Crippen molar-refractivity contribution < 1.29 is 0 Å². The molecule has 0 amide bonds. The second-order valence-electron chi connectivity index (χ2n) is 10.1. The summed E-state index contributed by atoms with van der Waals surface area (Å²) in [5.74, 6) is 0. The molecule has 4 rings (SSSR count). The number of benzene rings is 3. The Morgan fingerprint density at radius 1 is 0.758 bits per heavy atom. The van der Waals surface area contributed by atoms with Crippen LogP contribution in [0.2, 0.25) is 0 Å². The first-order valence-electron chi connectivity index (χ1n) is 12.3. The van der Waals surface area contributed by atoms with Crippen molar-refractivity contribution >= 4 is 11.6 Å². The van der Waals surface area contributed by atoms with E-state index in [9.17, 15) is 0 Å². The fourth-order valence-corrected chi connectivity index (χ4v) is 4.65.